The van der Waals surface area contributed by atoms with Crippen molar-refractivity contribution in [3.63, 3.8) is 0 Å². The molecule has 5 heterocycles. The predicted molar refractivity (Wildman–Crippen MR) is 272 cm³/mol. The SMILES string of the molecule is CCCCCCN1CCN(C)C1.CCCN1CCN(C)C1C.CCCN1CCN(C)C1C.CCCN1CCN(C)C1C.CCN1C=CN(C)C1C.I.I.O=S(=O)(O)C(F)(F)F. The molecule has 0 spiro atoms. The van der Waals surface area contributed by atoms with E-state index >= 15 is 0 Å². The highest BCUT2D eigenvalue weighted by atomic mass is 127. The van der Waals surface area contributed by atoms with Crippen molar-refractivity contribution in [3.05, 3.63) is 12.4 Å². The number of hydrogen-bond donors (Lipinski definition) is 1. The average molecular weight is 1130 g/mol. The minimum atomic E-state index is -5.84. The van der Waals surface area contributed by atoms with E-state index in [0.717, 1.165) is 6.54 Å². The fraction of sp³-hybridized carbons (Fsp3) is 0.952. The summed E-state index contributed by atoms with van der Waals surface area (Å²) in [6.45, 7) is 37.6. The second kappa shape index (κ2) is 35.4. The van der Waals surface area contributed by atoms with Gasteiger partial charge in [0.1, 0.15) is 0 Å². The van der Waals surface area contributed by atoms with Crippen LogP contribution in [0.4, 0.5) is 13.2 Å². The van der Waals surface area contributed by atoms with Crippen LogP contribution in [0.5, 0.6) is 0 Å². The number of nitrogens with zero attached hydrogens (tertiary/aromatic N) is 10. The van der Waals surface area contributed by atoms with E-state index in [2.05, 4.69) is 159 Å². The minimum absolute atomic E-state index is 0. The summed E-state index contributed by atoms with van der Waals surface area (Å²) in [7, 11) is 5.04. The summed E-state index contributed by atoms with van der Waals surface area (Å²) in [5.41, 5.74) is -5.53. The van der Waals surface area contributed by atoms with Crippen molar-refractivity contribution in [1.82, 2.24) is 49.0 Å². The lowest BCUT2D eigenvalue weighted by molar-refractivity contribution is -0.0510. The summed E-state index contributed by atoms with van der Waals surface area (Å²) in [6.07, 6.45) is 16.2. The second-order valence-electron chi connectivity index (χ2n) is 16.7. The molecule has 4 atom stereocenters. The molecule has 4 unspecified atom stereocenters. The molecule has 0 radical (unpaired) electrons. The molecule has 5 aliphatic heterocycles. The predicted octanol–water partition coefficient (Wildman–Crippen LogP) is 7.44. The van der Waals surface area contributed by atoms with Crippen molar-refractivity contribution in [2.24, 2.45) is 0 Å². The molecule has 19 heteroatoms. The molecule has 0 aromatic heterocycles. The van der Waals surface area contributed by atoms with Gasteiger partial charge < -0.3 is 9.80 Å². The van der Waals surface area contributed by atoms with Gasteiger partial charge in [-0.25, -0.2) is 0 Å². The van der Waals surface area contributed by atoms with Gasteiger partial charge in [0, 0.05) is 78.4 Å². The summed E-state index contributed by atoms with van der Waals surface area (Å²) in [6, 6.07) is 0. The minimum Gasteiger partial charge on any atom is -0.359 e. The summed E-state index contributed by atoms with van der Waals surface area (Å²) < 4.78 is 57.5. The Bertz CT molecular complexity index is 1140. The Morgan fingerprint density at radius 2 is 0.951 bits per heavy atom. The third-order valence-electron chi connectivity index (χ3n) is 12.0. The molecule has 370 valence electrons. The van der Waals surface area contributed by atoms with Crippen molar-refractivity contribution in [3.8, 4) is 0 Å². The molecule has 13 nitrogen and oxygen atoms in total. The Labute approximate surface area is 407 Å². The molecule has 0 aromatic carbocycles. The first-order valence-corrected chi connectivity index (χ1v) is 24.0. The number of rotatable bonds is 12. The fourth-order valence-corrected chi connectivity index (χ4v) is 7.36. The molecule has 0 saturated carbocycles. The van der Waals surface area contributed by atoms with E-state index in [1.807, 2.05) is 0 Å². The Hall–Kier alpha value is 0.180. The van der Waals surface area contributed by atoms with Crippen LogP contribution in [-0.2, 0) is 10.1 Å². The number of hydrogen-bond acceptors (Lipinski definition) is 12. The molecular weight excluding hydrogens is 1040 g/mol. The van der Waals surface area contributed by atoms with Crippen molar-refractivity contribution in [2.45, 2.75) is 137 Å². The topological polar surface area (TPSA) is 86.8 Å². The maximum atomic E-state index is 10.7. The first kappa shape index (κ1) is 65.5. The molecule has 5 aliphatic rings. The largest absolute Gasteiger partial charge is 0.522 e. The van der Waals surface area contributed by atoms with Gasteiger partial charge in [-0.15, -0.1) is 48.0 Å². The van der Waals surface area contributed by atoms with Crippen molar-refractivity contribution in [2.75, 3.05) is 127 Å². The quantitative estimate of drug-likeness (QED) is 0.0911. The highest BCUT2D eigenvalue weighted by molar-refractivity contribution is 14.0. The molecule has 0 amide bonds. The zero-order chi connectivity index (χ0) is 45.3. The molecular formula is C42H93F3I2N10O3S. The number of halogens is 5. The number of alkyl halides is 3. The van der Waals surface area contributed by atoms with Gasteiger partial charge in [-0.05, 0) is 115 Å². The Balaban J connectivity index is -0.000000660. The van der Waals surface area contributed by atoms with E-state index in [1.54, 1.807) is 0 Å². The Kier molecular flexibility index (Phi) is 38.0. The van der Waals surface area contributed by atoms with Crippen LogP contribution in [0.3, 0.4) is 0 Å². The van der Waals surface area contributed by atoms with Crippen LogP contribution < -0.4 is 0 Å². The van der Waals surface area contributed by atoms with Crippen molar-refractivity contribution >= 4 is 58.1 Å². The molecule has 4 saturated heterocycles. The Morgan fingerprint density at radius 3 is 1.16 bits per heavy atom. The number of likely N-dealkylation sites (N-methyl/N-ethyl adjacent to an activating group) is 4. The molecule has 0 bridgehead atoms. The van der Waals surface area contributed by atoms with Crippen LogP contribution in [0.25, 0.3) is 0 Å². The molecule has 5 rings (SSSR count). The smallest absolute Gasteiger partial charge is 0.359 e. The lowest BCUT2D eigenvalue weighted by Crippen LogP contribution is -2.34. The third-order valence-corrected chi connectivity index (χ3v) is 12.6. The van der Waals surface area contributed by atoms with Gasteiger partial charge in [0.15, 0.2) is 0 Å². The molecule has 0 aromatic rings. The van der Waals surface area contributed by atoms with E-state index in [-0.39, 0.29) is 48.0 Å². The van der Waals surface area contributed by atoms with Crippen LogP contribution >= 0.6 is 48.0 Å². The fourth-order valence-electron chi connectivity index (χ4n) is 7.36. The van der Waals surface area contributed by atoms with E-state index in [1.165, 1.54) is 130 Å². The normalized spacial score (nSPS) is 24.3. The maximum Gasteiger partial charge on any atom is 0.522 e. The van der Waals surface area contributed by atoms with Crippen LogP contribution in [0.1, 0.15) is 107 Å². The maximum absolute atomic E-state index is 10.7. The highest BCUT2D eigenvalue weighted by Gasteiger charge is 2.44. The molecule has 0 aliphatic carbocycles. The number of unbranched alkanes of at least 4 members (excludes halogenated alkanes) is 3. The van der Waals surface area contributed by atoms with Gasteiger partial charge >= 0.3 is 15.6 Å². The third kappa shape index (κ3) is 26.8. The van der Waals surface area contributed by atoms with Crippen molar-refractivity contribution in [1.29, 1.82) is 0 Å². The van der Waals surface area contributed by atoms with E-state index in [4.69, 9.17) is 13.0 Å². The summed E-state index contributed by atoms with van der Waals surface area (Å²) >= 11 is 0. The summed E-state index contributed by atoms with van der Waals surface area (Å²) in [5, 5.41) is 0. The molecule has 61 heavy (non-hydrogen) atoms. The van der Waals surface area contributed by atoms with Gasteiger partial charge in [-0.1, -0.05) is 47.0 Å². The van der Waals surface area contributed by atoms with Crippen LogP contribution in [0.15, 0.2) is 12.4 Å². The first-order valence-electron chi connectivity index (χ1n) is 22.5. The van der Waals surface area contributed by atoms with Crippen LogP contribution in [0.2, 0.25) is 0 Å². The van der Waals surface area contributed by atoms with Gasteiger partial charge in [0.05, 0.1) is 31.3 Å². The van der Waals surface area contributed by atoms with Gasteiger partial charge in [-0.2, -0.15) is 21.6 Å². The average Bonchev–Trinajstić information content (AvgIpc) is 3.99. The van der Waals surface area contributed by atoms with E-state index in [9.17, 15) is 13.2 Å². The van der Waals surface area contributed by atoms with Gasteiger partial charge in [0.2, 0.25) is 0 Å². The molecule has 4 fully saturated rings. The van der Waals surface area contributed by atoms with Crippen molar-refractivity contribution < 1.29 is 26.1 Å². The monoisotopic (exact) mass is 1130 g/mol. The summed E-state index contributed by atoms with van der Waals surface area (Å²) in [5.74, 6) is 0. The summed E-state index contributed by atoms with van der Waals surface area (Å²) in [4.78, 5) is 24.2. The standard InChI is InChI=1S/C10H22N2.3C8H18N2.C7H14N2.CHF3O3S.2HI/c1-3-4-5-6-7-12-9-8-11(2)10-12;3*1-4-5-10-7-6-9(3)8(10)2;1-4-9-6-5-8(3)7(9)2;2-1(3,4)8(5,6)7;;/h3-10H2,1-2H3;3*8H,4-7H2,1-3H3;5-7H,4H2,1-3H3;(H,5,6,7);2*1H. The lowest BCUT2D eigenvalue weighted by Gasteiger charge is -2.25. The zero-order valence-electron chi connectivity index (χ0n) is 40.9. The Morgan fingerprint density at radius 1 is 0.557 bits per heavy atom. The molecule has 1 N–H and O–H groups in total. The van der Waals surface area contributed by atoms with Crippen LogP contribution in [0, 0.1) is 0 Å². The van der Waals surface area contributed by atoms with Gasteiger partial charge in [-0.3, -0.25) is 43.8 Å². The van der Waals surface area contributed by atoms with Crippen LogP contribution in [-0.4, -0.2) is 219 Å². The van der Waals surface area contributed by atoms with E-state index in [0.29, 0.717) is 24.7 Å². The lowest BCUT2D eigenvalue weighted by atomic mass is 10.2. The second-order valence-corrected chi connectivity index (χ2v) is 18.1. The van der Waals surface area contributed by atoms with E-state index < -0.39 is 15.6 Å². The first-order chi connectivity index (χ1) is 27.6. The van der Waals surface area contributed by atoms with Gasteiger partial charge in [0.25, 0.3) is 0 Å². The zero-order valence-corrected chi connectivity index (χ0v) is 46.4. The highest BCUT2D eigenvalue weighted by Crippen LogP contribution is 2.20.